The van der Waals surface area contributed by atoms with Gasteiger partial charge in [-0.25, -0.2) is 0 Å². The third-order valence-corrected chi connectivity index (χ3v) is 5.12. The Morgan fingerprint density at radius 2 is 1.50 bits per heavy atom. The molecule has 20 heavy (non-hydrogen) atoms. The molecule has 0 amide bonds. The first kappa shape index (κ1) is 14.6. The lowest BCUT2D eigenvalue weighted by Gasteiger charge is -2.33. The molecule has 1 aliphatic heterocycles. The summed E-state index contributed by atoms with van der Waals surface area (Å²) >= 11 is 0. The maximum Gasteiger partial charge on any atom is 0.391 e. The third kappa shape index (κ3) is 3.88. The number of nitrogens with one attached hydrogen (secondary N) is 1. The van der Waals surface area contributed by atoms with E-state index in [1.54, 1.807) is 0 Å². The fraction of sp³-hybridized carbons (Fsp3) is 1.00. The second-order valence-electron chi connectivity index (χ2n) is 6.81. The molecule has 2 nitrogen and oxygen atoms in total. The number of piperidine rings is 1. The molecule has 116 valence electrons. The van der Waals surface area contributed by atoms with Crippen LogP contribution in [-0.4, -0.2) is 43.3 Å². The van der Waals surface area contributed by atoms with E-state index in [0.29, 0.717) is 19.1 Å². The van der Waals surface area contributed by atoms with Gasteiger partial charge in [-0.3, -0.25) is 0 Å². The predicted octanol–water partition coefficient (Wildman–Crippen LogP) is 3.04. The summed E-state index contributed by atoms with van der Waals surface area (Å²) in [5.41, 5.74) is 0. The van der Waals surface area contributed by atoms with Crippen molar-refractivity contribution in [2.45, 2.75) is 50.7 Å². The van der Waals surface area contributed by atoms with Crippen molar-refractivity contribution >= 4 is 0 Å². The average molecular weight is 290 g/mol. The Morgan fingerprint density at radius 1 is 0.950 bits per heavy atom. The van der Waals surface area contributed by atoms with Gasteiger partial charge in [0.05, 0.1) is 5.92 Å². The molecule has 1 saturated heterocycles. The van der Waals surface area contributed by atoms with E-state index in [1.807, 2.05) is 0 Å². The molecule has 0 aromatic carbocycles. The zero-order valence-electron chi connectivity index (χ0n) is 12.0. The van der Waals surface area contributed by atoms with Crippen molar-refractivity contribution in [1.82, 2.24) is 10.2 Å². The van der Waals surface area contributed by atoms with E-state index in [1.165, 1.54) is 25.7 Å². The topological polar surface area (TPSA) is 15.3 Å². The first-order valence-corrected chi connectivity index (χ1v) is 8.06. The van der Waals surface area contributed by atoms with Gasteiger partial charge in [-0.05, 0) is 63.5 Å². The SMILES string of the molecule is FC(F)(F)C1CCN(CCNC(C2CC2)C2CC2)CC1. The van der Waals surface area contributed by atoms with Crippen LogP contribution in [0.5, 0.6) is 0 Å². The van der Waals surface area contributed by atoms with Crippen LogP contribution in [0, 0.1) is 17.8 Å². The molecule has 3 aliphatic rings. The number of alkyl halides is 3. The predicted molar refractivity (Wildman–Crippen MR) is 72.5 cm³/mol. The second-order valence-corrected chi connectivity index (χ2v) is 6.81. The minimum Gasteiger partial charge on any atom is -0.312 e. The zero-order chi connectivity index (χ0) is 14.2. The van der Waals surface area contributed by atoms with Crippen molar-refractivity contribution in [1.29, 1.82) is 0 Å². The van der Waals surface area contributed by atoms with Crippen LogP contribution in [0.2, 0.25) is 0 Å². The van der Waals surface area contributed by atoms with Gasteiger partial charge in [0.25, 0.3) is 0 Å². The molecule has 0 radical (unpaired) electrons. The molecule has 0 atom stereocenters. The lowest BCUT2D eigenvalue weighted by molar-refractivity contribution is -0.184. The fourth-order valence-electron chi connectivity index (χ4n) is 3.50. The minimum absolute atomic E-state index is 0.276. The highest BCUT2D eigenvalue weighted by Crippen LogP contribution is 2.44. The molecule has 3 fully saturated rings. The van der Waals surface area contributed by atoms with Crippen molar-refractivity contribution in [2.24, 2.45) is 17.8 Å². The van der Waals surface area contributed by atoms with Crippen LogP contribution < -0.4 is 5.32 Å². The van der Waals surface area contributed by atoms with Gasteiger partial charge >= 0.3 is 6.18 Å². The van der Waals surface area contributed by atoms with E-state index in [9.17, 15) is 13.2 Å². The van der Waals surface area contributed by atoms with Crippen molar-refractivity contribution < 1.29 is 13.2 Å². The summed E-state index contributed by atoms with van der Waals surface area (Å²) in [5, 5.41) is 3.67. The van der Waals surface area contributed by atoms with Crippen molar-refractivity contribution in [3.8, 4) is 0 Å². The van der Waals surface area contributed by atoms with Crippen LogP contribution in [0.15, 0.2) is 0 Å². The molecule has 5 heteroatoms. The summed E-state index contributed by atoms with van der Waals surface area (Å²) in [5.74, 6) is 0.703. The summed E-state index contributed by atoms with van der Waals surface area (Å²) < 4.78 is 37.8. The molecular weight excluding hydrogens is 265 g/mol. The zero-order valence-corrected chi connectivity index (χ0v) is 12.0. The van der Waals surface area contributed by atoms with Crippen LogP contribution in [0.3, 0.4) is 0 Å². The maximum absolute atomic E-state index is 12.6. The third-order valence-electron chi connectivity index (χ3n) is 5.12. The highest BCUT2D eigenvalue weighted by atomic mass is 19.4. The second kappa shape index (κ2) is 5.84. The van der Waals surface area contributed by atoms with E-state index >= 15 is 0 Å². The van der Waals surface area contributed by atoms with Crippen molar-refractivity contribution in [2.75, 3.05) is 26.2 Å². The number of halogens is 3. The van der Waals surface area contributed by atoms with E-state index in [2.05, 4.69) is 10.2 Å². The first-order chi connectivity index (χ1) is 9.54. The first-order valence-electron chi connectivity index (χ1n) is 8.06. The standard InChI is InChI=1S/C15H25F3N2/c16-15(17,18)13-5-8-20(9-6-13)10-7-19-14(11-1-2-11)12-3-4-12/h11-14,19H,1-10H2. The molecular formula is C15H25F3N2. The highest BCUT2D eigenvalue weighted by molar-refractivity contribution is 4.96. The van der Waals surface area contributed by atoms with Crippen molar-refractivity contribution in [3.63, 3.8) is 0 Å². The van der Waals surface area contributed by atoms with E-state index in [0.717, 1.165) is 24.9 Å². The molecule has 0 bridgehead atoms. The van der Waals surface area contributed by atoms with Crippen LogP contribution >= 0.6 is 0 Å². The Kier molecular flexibility index (Phi) is 4.27. The highest BCUT2D eigenvalue weighted by Gasteiger charge is 2.42. The van der Waals surface area contributed by atoms with Gasteiger partial charge in [-0.1, -0.05) is 0 Å². The molecule has 0 aromatic rings. The summed E-state index contributed by atoms with van der Waals surface area (Å²) in [4.78, 5) is 2.19. The fourth-order valence-corrected chi connectivity index (χ4v) is 3.50. The van der Waals surface area contributed by atoms with Gasteiger partial charge in [-0.2, -0.15) is 13.2 Å². The van der Waals surface area contributed by atoms with Crippen LogP contribution in [0.1, 0.15) is 38.5 Å². The molecule has 0 spiro atoms. The van der Waals surface area contributed by atoms with Crippen molar-refractivity contribution in [3.05, 3.63) is 0 Å². The molecule has 1 N–H and O–H groups in total. The van der Waals surface area contributed by atoms with Gasteiger partial charge in [0.1, 0.15) is 0 Å². The molecule has 2 saturated carbocycles. The lowest BCUT2D eigenvalue weighted by Crippen LogP contribution is -2.44. The van der Waals surface area contributed by atoms with Crippen LogP contribution in [0.25, 0.3) is 0 Å². The largest absolute Gasteiger partial charge is 0.391 e. The molecule has 3 rings (SSSR count). The van der Waals surface area contributed by atoms with Gasteiger partial charge in [0.15, 0.2) is 0 Å². The minimum atomic E-state index is -3.99. The quantitative estimate of drug-likeness (QED) is 0.809. The van der Waals surface area contributed by atoms with Crippen LogP contribution in [-0.2, 0) is 0 Å². The summed E-state index contributed by atoms with van der Waals surface area (Å²) in [6.07, 6.45) is 2.02. The summed E-state index contributed by atoms with van der Waals surface area (Å²) in [6, 6.07) is 0.697. The van der Waals surface area contributed by atoms with Gasteiger partial charge in [0, 0.05) is 19.1 Å². The molecule has 1 heterocycles. The smallest absolute Gasteiger partial charge is 0.312 e. The van der Waals surface area contributed by atoms with Crippen LogP contribution in [0.4, 0.5) is 13.2 Å². The van der Waals surface area contributed by atoms with E-state index in [4.69, 9.17) is 0 Å². The summed E-state index contributed by atoms with van der Waals surface area (Å²) in [7, 11) is 0. The molecule has 0 aromatic heterocycles. The number of nitrogens with zero attached hydrogens (tertiary/aromatic N) is 1. The number of hydrogen-bond donors (Lipinski definition) is 1. The monoisotopic (exact) mass is 290 g/mol. The normalized spacial score (nSPS) is 26.4. The Labute approximate surface area is 119 Å². The lowest BCUT2D eigenvalue weighted by atomic mass is 9.96. The Bertz CT molecular complexity index is 304. The molecule has 0 unspecified atom stereocenters. The number of rotatable bonds is 6. The van der Waals surface area contributed by atoms with E-state index in [-0.39, 0.29) is 12.8 Å². The van der Waals surface area contributed by atoms with E-state index < -0.39 is 12.1 Å². The Morgan fingerprint density at radius 3 is 1.95 bits per heavy atom. The maximum atomic E-state index is 12.6. The molecule has 2 aliphatic carbocycles. The number of hydrogen-bond acceptors (Lipinski definition) is 2. The summed E-state index contributed by atoms with van der Waals surface area (Å²) in [6.45, 7) is 3.04. The number of likely N-dealkylation sites (tertiary alicyclic amines) is 1. The Hall–Kier alpha value is -0.290. The average Bonchev–Trinajstić information content (AvgIpc) is 3.27. The Balaban J connectivity index is 1.33. The van der Waals surface area contributed by atoms with Gasteiger partial charge in [-0.15, -0.1) is 0 Å². The van der Waals surface area contributed by atoms with Gasteiger partial charge < -0.3 is 10.2 Å². The van der Waals surface area contributed by atoms with Gasteiger partial charge in [0.2, 0.25) is 0 Å².